The summed E-state index contributed by atoms with van der Waals surface area (Å²) in [4.78, 5) is 11.8. The summed E-state index contributed by atoms with van der Waals surface area (Å²) >= 11 is 0. The van der Waals surface area contributed by atoms with Crippen LogP contribution in [-0.4, -0.2) is 49.6 Å². The van der Waals surface area contributed by atoms with Crippen LogP contribution in [0.2, 0.25) is 0 Å². The van der Waals surface area contributed by atoms with Crippen LogP contribution in [0.4, 0.5) is 0 Å². The Kier molecular flexibility index (Phi) is 8.96. The van der Waals surface area contributed by atoms with Crippen LogP contribution < -0.4 is 14.8 Å². The van der Waals surface area contributed by atoms with E-state index in [9.17, 15) is 9.90 Å². The molecule has 6 heteroatoms. The van der Waals surface area contributed by atoms with Gasteiger partial charge in [-0.3, -0.25) is 0 Å². The number of fused-ring (bicyclic) bond motifs is 1. The maximum Gasteiger partial charge on any atom is 0.350 e. The molecule has 0 bridgehead atoms. The lowest BCUT2D eigenvalue weighted by Gasteiger charge is -2.25. The summed E-state index contributed by atoms with van der Waals surface area (Å²) in [5.74, 6) is 0.755. The molecule has 2 N–H and O–H groups in total. The molecule has 0 fully saturated rings. The Hall–Kier alpha value is -2.57. The van der Waals surface area contributed by atoms with Gasteiger partial charge in [-0.05, 0) is 57.0 Å². The van der Waals surface area contributed by atoms with E-state index in [1.54, 1.807) is 13.0 Å². The molecule has 29 heavy (non-hydrogen) atoms. The second kappa shape index (κ2) is 11.4. The first-order valence-electron chi connectivity index (χ1n) is 9.93. The van der Waals surface area contributed by atoms with E-state index in [-0.39, 0.29) is 6.61 Å². The number of ether oxygens (including phenoxy) is 3. The molecular weight excluding hydrogens is 370 g/mol. The summed E-state index contributed by atoms with van der Waals surface area (Å²) in [6.07, 6.45) is 5.04. The summed E-state index contributed by atoms with van der Waals surface area (Å²) < 4.78 is 16.3. The van der Waals surface area contributed by atoms with Gasteiger partial charge in [-0.2, -0.15) is 0 Å². The lowest BCUT2D eigenvalue weighted by molar-refractivity contribution is -0.153. The van der Waals surface area contributed by atoms with Crippen molar-refractivity contribution in [2.24, 2.45) is 0 Å². The molecule has 6 nitrogen and oxygen atoms in total. The monoisotopic (exact) mass is 401 g/mol. The number of benzene rings is 1. The predicted octanol–water partition coefficient (Wildman–Crippen LogP) is 2.96. The zero-order chi connectivity index (χ0) is 21.2. The first-order chi connectivity index (χ1) is 14.0. The van der Waals surface area contributed by atoms with Gasteiger partial charge in [0.15, 0.2) is 11.5 Å². The van der Waals surface area contributed by atoms with Crippen LogP contribution in [0.5, 0.6) is 11.5 Å². The zero-order valence-electron chi connectivity index (χ0n) is 17.4. The van der Waals surface area contributed by atoms with E-state index in [0.29, 0.717) is 31.2 Å². The van der Waals surface area contributed by atoms with Crippen molar-refractivity contribution in [2.45, 2.75) is 39.4 Å². The molecule has 158 valence electrons. The number of carbonyl (C=O) groups excluding carboxylic acids is 1. The third kappa shape index (κ3) is 6.76. The molecule has 2 rings (SSSR count). The van der Waals surface area contributed by atoms with Crippen molar-refractivity contribution in [1.29, 1.82) is 0 Å². The van der Waals surface area contributed by atoms with E-state index in [0.717, 1.165) is 23.1 Å². The third-order valence-electron chi connectivity index (χ3n) is 4.62. The minimum Gasteiger partial charge on any atom is -0.485 e. The standard InChI is InChI=1S/C23H31NO5/c1-5-16(4)12-18(6-2)19(25)14-24-11-10-17-8-9-20-21(13-17)28-15-22(29-20)23(26)27-7-3/h5-6,8-9,12-13,19,22,24-25H,2,7,10-11,14-15H2,1,3-4H3/b16-5-,18-12+/t19-,22?/m0/s1. The van der Waals surface area contributed by atoms with E-state index in [1.807, 2.05) is 44.2 Å². The maximum atomic E-state index is 11.8. The highest BCUT2D eigenvalue weighted by Crippen LogP contribution is 2.33. The summed E-state index contributed by atoms with van der Waals surface area (Å²) in [6.45, 7) is 11.1. The molecule has 0 spiro atoms. The van der Waals surface area contributed by atoms with Crippen LogP contribution >= 0.6 is 0 Å². The highest BCUT2D eigenvalue weighted by Gasteiger charge is 2.28. The number of carbonyl (C=O) groups is 1. The topological polar surface area (TPSA) is 77.0 Å². The Balaban J connectivity index is 1.83. The van der Waals surface area contributed by atoms with Crippen molar-refractivity contribution in [2.75, 3.05) is 26.3 Å². The van der Waals surface area contributed by atoms with Gasteiger partial charge in [-0.1, -0.05) is 36.4 Å². The molecule has 2 atom stereocenters. The summed E-state index contributed by atoms with van der Waals surface area (Å²) in [5.41, 5.74) is 2.96. The highest BCUT2D eigenvalue weighted by atomic mass is 16.6. The van der Waals surface area contributed by atoms with Gasteiger partial charge in [0.25, 0.3) is 0 Å². The average Bonchev–Trinajstić information content (AvgIpc) is 2.74. The van der Waals surface area contributed by atoms with E-state index in [2.05, 4.69) is 11.9 Å². The number of hydrogen-bond donors (Lipinski definition) is 2. The van der Waals surface area contributed by atoms with Crippen LogP contribution in [0.25, 0.3) is 0 Å². The Bertz CT molecular complexity index is 769. The molecule has 0 amide bonds. The maximum absolute atomic E-state index is 11.8. The Morgan fingerprint density at radius 1 is 1.45 bits per heavy atom. The van der Waals surface area contributed by atoms with E-state index >= 15 is 0 Å². The molecular formula is C23H31NO5. The molecule has 1 aromatic carbocycles. The summed E-state index contributed by atoms with van der Waals surface area (Å²) in [7, 11) is 0. The quantitative estimate of drug-likeness (QED) is 0.357. The van der Waals surface area contributed by atoms with Gasteiger partial charge < -0.3 is 24.6 Å². The van der Waals surface area contributed by atoms with E-state index < -0.39 is 18.2 Å². The van der Waals surface area contributed by atoms with Crippen LogP contribution in [0.1, 0.15) is 26.3 Å². The van der Waals surface area contributed by atoms with E-state index in [1.165, 1.54) is 0 Å². The van der Waals surface area contributed by atoms with Crippen LogP contribution in [-0.2, 0) is 16.0 Å². The Morgan fingerprint density at radius 2 is 2.24 bits per heavy atom. The fourth-order valence-corrected chi connectivity index (χ4v) is 2.85. The van der Waals surface area contributed by atoms with Crippen molar-refractivity contribution in [3.8, 4) is 11.5 Å². The minimum absolute atomic E-state index is 0.141. The molecule has 1 aliphatic rings. The minimum atomic E-state index is -0.727. The van der Waals surface area contributed by atoms with Crippen LogP contribution in [0.15, 0.2) is 54.2 Å². The smallest absolute Gasteiger partial charge is 0.350 e. The third-order valence-corrected chi connectivity index (χ3v) is 4.62. The van der Waals surface area contributed by atoms with Gasteiger partial charge in [0.1, 0.15) is 6.61 Å². The van der Waals surface area contributed by atoms with Gasteiger partial charge in [0.05, 0.1) is 12.7 Å². The molecule has 1 unspecified atom stereocenters. The van der Waals surface area contributed by atoms with Crippen LogP contribution in [0.3, 0.4) is 0 Å². The second-order valence-electron chi connectivity index (χ2n) is 6.80. The number of aliphatic hydroxyl groups excluding tert-OH is 1. The predicted molar refractivity (Wildman–Crippen MR) is 113 cm³/mol. The first kappa shape index (κ1) is 22.7. The number of nitrogens with one attached hydrogen (secondary N) is 1. The largest absolute Gasteiger partial charge is 0.485 e. The molecule has 0 saturated heterocycles. The van der Waals surface area contributed by atoms with Gasteiger partial charge >= 0.3 is 5.97 Å². The Morgan fingerprint density at radius 3 is 2.93 bits per heavy atom. The van der Waals surface area contributed by atoms with Gasteiger partial charge in [0, 0.05) is 6.54 Å². The zero-order valence-corrected chi connectivity index (χ0v) is 17.4. The molecule has 1 heterocycles. The van der Waals surface area contributed by atoms with Crippen molar-refractivity contribution in [1.82, 2.24) is 5.32 Å². The number of aliphatic hydroxyl groups is 1. The molecule has 1 aliphatic heterocycles. The summed E-state index contributed by atoms with van der Waals surface area (Å²) in [6, 6.07) is 5.67. The van der Waals surface area contributed by atoms with Gasteiger partial charge in [0.2, 0.25) is 6.10 Å². The van der Waals surface area contributed by atoms with Crippen molar-refractivity contribution in [3.63, 3.8) is 0 Å². The fraction of sp³-hybridized carbons (Fsp3) is 0.435. The second-order valence-corrected chi connectivity index (χ2v) is 6.80. The lowest BCUT2D eigenvalue weighted by atomic mass is 10.1. The average molecular weight is 402 g/mol. The van der Waals surface area contributed by atoms with Gasteiger partial charge in [-0.15, -0.1) is 0 Å². The number of hydrogen-bond acceptors (Lipinski definition) is 6. The molecule has 1 aromatic rings. The summed E-state index contributed by atoms with van der Waals surface area (Å²) in [5, 5.41) is 13.6. The van der Waals surface area contributed by atoms with Crippen LogP contribution in [0, 0.1) is 0 Å². The number of rotatable bonds is 10. The van der Waals surface area contributed by atoms with E-state index in [4.69, 9.17) is 14.2 Å². The molecule has 0 aromatic heterocycles. The first-order valence-corrected chi connectivity index (χ1v) is 9.93. The molecule has 0 saturated carbocycles. The number of allylic oxidation sites excluding steroid dienone is 3. The Labute approximate surface area is 172 Å². The lowest BCUT2D eigenvalue weighted by Crippen LogP contribution is -2.37. The van der Waals surface area contributed by atoms with Crippen molar-refractivity contribution >= 4 is 5.97 Å². The molecule has 0 radical (unpaired) electrons. The fourth-order valence-electron chi connectivity index (χ4n) is 2.85. The number of esters is 1. The highest BCUT2D eigenvalue weighted by molar-refractivity contribution is 5.76. The van der Waals surface area contributed by atoms with Crippen molar-refractivity contribution in [3.05, 3.63) is 59.7 Å². The SMILES string of the molecule is C=C/C(=C\C(C)=C/C)[C@@H](O)CNCCc1ccc2c(c1)OCC(C(=O)OCC)O2. The van der Waals surface area contributed by atoms with Gasteiger partial charge in [-0.25, -0.2) is 4.79 Å². The normalized spacial score (nSPS) is 17.6. The molecule has 0 aliphatic carbocycles. The van der Waals surface area contributed by atoms with Crippen molar-refractivity contribution < 1.29 is 24.1 Å².